The van der Waals surface area contributed by atoms with Crippen molar-refractivity contribution < 1.29 is 18.3 Å². The zero-order valence-electron chi connectivity index (χ0n) is 16.7. The quantitative estimate of drug-likeness (QED) is 0.546. The summed E-state index contributed by atoms with van der Waals surface area (Å²) in [6.07, 6.45) is 13.9. The van der Waals surface area contributed by atoms with Gasteiger partial charge in [-0.05, 0) is 93.2 Å². The molecule has 1 saturated heterocycles. The smallest absolute Gasteiger partial charge is 0.160 e. The first kappa shape index (κ1) is 20.0. The number of ether oxygens (including phenoxy) is 2. The van der Waals surface area contributed by atoms with Crippen molar-refractivity contribution in [3.63, 3.8) is 0 Å². The maximum atomic E-state index is 13.5. The van der Waals surface area contributed by atoms with Gasteiger partial charge in [0.25, 0.3) is 0 Å². The van der Waals surface area contributed by atoms with E-state index in [9.17, 15) is 8.78 Å². The molecule has 4 rings (SSSR count). The van der Waals surface area contributed by atoms with Crippen LogP contribution in [0.15, 0.2) is 29.8 Å². The highest BCUT2D eigenvalue weighted by atomic mass is 19.2. The van der Waals surface area contributed by atoms with Crippen molar-refractivity contribution in [2.24, 2.45) is 11.8 Å². The van der Waals surface area contributed by atoms with Crippen LogP contribution in [0.25, 0.3) is 0 Å². The lowest BCUT2D eigenvalue weighted by atomic mass is 9.69. The van der Waals surface area contributed by atoms with E-state index in [0.717, 1.165) is 56.3 Å². The van der Waals surface area contributed by atoms with Crippen LogP contribution >= 0.6 is 0 Å². The van der Waals surface area contributed by atoms with Gasteiger partial charge >= 0.3 is 0 Å². The second-order valence-corrected chi connectivity index (χ2v) is 8.75. The summed E-state index contributed by atoms with van der Waals surface area (Å²) in [5.74, 6) is 0.555. The molecule has 0 radical (unpaired) electrons. The number of halogens is 2. The van der Waals surface area contributed by atoms with Gasteiger partial charge in [-0.2, -0.15) is 0 Å². The van der Waals surface area contributed by atoms with Crippen LogP contribution in [0, 0.1) is 23.5 Å². The predicted molar refractivity (Wildman–Crippen MR) is 106 cm³/mol. The fourth-order valence-corrected chi connectivity index (χ4v) is 5.31. The molecule has 4 heteroatoms. The molecule has 0 amide bonds. The van der Waals surface area contributed by atoms with Gasteiger partial charge in [0.1, 0.15) is 0 Å². The third kappa shape index (κ3) is 5.01. The first-order valence-corrected chi connectivity index (χ1v) is 11.0. The van der Waals surface area contributed by atoms with Crippen molar-refractivity contribution in [1.82, 2.24) is 0 Å². The molecule has 2 saturated carbocycles. The minimum Gasteiger partial charge on any atom is -0.352 e. The van der Waals surface area contributed by atoms with Crippen molar-refractivity contribution >= 4 is 0 Å². The van der Waals surface area contributed by atoms with E-state index in [1.165, 1.54) is 50.7 Å². The third-order valence-corrected chi connectivity index (χ3v) is 7.02. The van der Waals surface area contributed by atoms with E-state index in [1.807, 2.05) is 0 Å². The number of rotatable bonds is 4. The molecule has 1 heterocycles. The lowest BCUT2D eigenvalue weighted by Gasteiger charge is -2.36. The summed E-state index contributed by atoms with van der Waals surface area (Å²) in [5.41, 5.74) is 2.54. The minimum absolute atomic E-state index is 0.0365. The first-order valence-electron chi connectivity index (χ1n) is 11.0. The largest absolute Gasteiger partial charge is 0.352 e. The molecule has 0 atom stereocenters. The van der Waals surface area contributed by atoms with E-state index in [2.05, 4.69) is 6.08 Å². The number of hydrogen-bond acceptors (Lipinski definition) is 2. The first-order chi connectivity index (χ1) is 13.7. The van der Waals surface area contributed by atoms with E-state index in [0.29, 0.717) is 5.92 Å². The molecular formula is C24H32F2O2. The van der Waals surface area contributed by atoms with E-state index in [1.54, 1.807) is 11.6 Å². The number of benzene rings is 1. The van der Waals surface area contributed by atoms with Crippen molar-refractivity contribution in [2.75, 3.05) is 13.2 Å². The molecule has 0 N–H and O–H groups in total. The Balaban J connectivity index is 1.22. The third-order valence-electron chi connectivity index (χ3n) is 7.02. The lowest BCUT2D eigenvalue weighted by Crippen LogP contribution is -2.25. The van der Waals surface area contributed by atoms with Crippen LogP contribution in [-0.4, -0.2) is 19.5 Å². The van der Waals surface area contributed by atoms with Gasteiger partial charge in [-0.25, -0.2) is 8.78 Å². The molecule has 3 aliphatic rings. The van der Waals surface area contributed by atoms with E-state index >= 15 is 0 Å². The monoisotopic (exact) mass is 390 g/mol. The Morgan fingerprint density at radius 1 is 0.857 bits per heavy atom. The fraction of sp³-hybridized carbons (Fsp3) is 0.667. The minimum atomic E-state index is -0.745. The molecule has 0 spiro atoms. The Labute approximate surface area is 167 Å². The molecule has 0 bridgehead atoms. The molecule has 1 aromatic rings. The molecule has 0 aromatic heterocycles. The summed E-state index contributed by atoms with van der Waals surface area (Å²) in [6.45, 7) is 1.65. The zero-order valence-corrected chi connectivity index (χ0v) is 16.7. The Hall–Kier alpha value is -1.26. The Kier molecular flexibility index (Phi) is 6.79. The molecule has 1 aromatic carbocycles. The van der Waals surface area contributed by atoms with Gasteiger partial charge in [0.05, 0.1) is 13.2 Å². The Bertz CT molecular complexity index is 663. The van der Waals surface area contributed by atoms with Gasteiger partial charge < -0.3 is 9.47 Å². The van der Waals surface area contributed by atoms with Crippen molar-refractivity contribution in [2.45, 2.75) is 76.4 Å². The van der Waals surface area contributed by atoms with Crippen LogP contribution in [0.2, 0.25) is 0 Å². The maximum absolute atomic E-state index is 13.5. The van der Waals surface area contributed by atoms with Crippen molar-refractivity contribution in [3.8, 4) is 0 Å². The molecule has 2 nitrogen and oxygen atoms in total. The Morgan fingerprint density at radius 2 is 1.54 bits per heavy atom. The summed E-state index contributed by atoms with van der Waals surface area (Å²) in [4.78, 5) is 0. The van der Waals surface area contributed by atoms with Crippen LogP contribution < -0.4 is 0 Å². The molecule has 2 aliphatic carbocycles. The van der Waals surface area contributed by atoms with E-state index in [-0.39, 0.29) is 6.29 Å². The highest BCUT2D eigenvalue weighted by Crippen LogP contribution is 2.44. The van der Waals surface area contributed by atoms with Gasteiger partial charge in [0, 0.05) is 6.42 Å². The molecular weight excluding hydrogens is 358 g/mol. The van der Waals surface area contributed by atoms with Crippen molar-refractivity contribution in [1.29, 1.82) is 0 Å². The van der Waals surface area contributed by atoms with E-state index in [4.69, 9.17) is 9.47 Å². The van der Waals surface area contributed by atoms with Crippen molar-refractivity contribution in [3.05, 3.63) is 47.0 Å². The predicted octanol–water partition coefficient (Wildman–Crippen LogP) is 6.51. The van der Waals surface area contributed by atoms with Gasteiger partial charge in [-0.15, -0.1) is 0 Å². The lowest BCUT2D eigenvalue weighted by molar-refractivity contribution is -0.175. The van der Waals surface area contributed by atoms with Crippen LogP contribution in [0.5, 0.6) is 0 Å². The Morgan fingerprint density at radius 3 is 2.21 bits per heavy atom. The van der Waals surface area contributed by atoms with Gasteiger partial charge in [-0.1, -0.05) is 17.7 Å². The standard InChI is InChI=1S/C24H32F2O2/c25-22-12-11-21(16-23(22)26)20-9-7-19(8-10-20)18-5-2-17(3-6-18)4-13-24-27-14-1-15-28-24/h4,11-12,16,18-20,24H,1-3,5-10,13-15H2. The molecule has 154 valence electrons. The second-order valence-electron chi connectivity index (χ2n) is 8.75. The molecule has 1 aliphatic heterocycles. The fourth-order valence-electron chi connectivity index (χ4n) is 5.31. The maximum Gasteiger partial charge on any atom is 0.160 e. The molecule has 0 unspecified atom stereocenters. The highest BCUT2D eigenvalue weighted by molar-refractivity contribution is 5.22. The average Bonchev–Trinajstić information content (AvgIpc) is 2.75. The summed E-state index contributed by atoms with van der Waals surface area (Å²) < 4.78 is 38.0. The van der Waals surface area contributed by atoms with Gasteiger partial charge in [-0.3, -0.25) is 0 Å². The van der Waals surface area contributed by atoms with Crippen LogP contribution in [0.3, 0.4) is 0 Å². The normalized spacial score (nSPS) is 29.6. The average molecular weight is 391 g/mol. The number of allylic oxidation sites excluding steroid dienone is 1. The zero-order chi connectivity index (χ0) is 19.3. The second kappa shape index (κ2) is 9.49. The summed E-state index contributed by atoms with van der Waals surface area (Å²) in [7, 11) is 0. The van der Waals surface area contributed by atoms with Gasteiger partial charge in [0.2, 0.25) is 0 Å². The number of hydrogen-bond donors (Lipinski definition) is 0. The molecule has 28 heavy (non-hydrogen) atoms. The highest BCUT2D eigenvalue weighted by Gasteiger charge is 2.30. The summed E-state index contributed by atoms with van der Waals surface area (Å²) >= 11 is 0. The summed E-state index contributed by atoms with van der Waals surface area (Å²) in [5, 5.41) is 0. The molecule has 3 fully saturated rings. The summed E-state index contributed by atoms with van der Waals surface area (Å²) in [6, 6.07) is 4.44. The van der Waals surface area contributed by atoms with Gasteiger partial charge in [0.15, 0.2) is 17.9 Å². The van der Waals surface area contributed by atoms with E-state index < -0.39 is 11.6 Å². The topological polar surface area (TPSA) is 18.5 Å². The SMILES string of the molecule is Fc1ccc(C2CCC(C3CCC(=CCC4OCCCO4)CC3)CC2)cc1F. The van der Waals surface area contributed by atoms with Crippen LogP contribution in [-0.2, 0) is 9.47 Å². The van der Waals surface area contributed by atoms with Crippen LogP contribution in [0.4, 0.5) is 8.78 Å². The van der Waals surface area contributed by atoms with Crippen LogP contribution in [0.1, 0.15) is 75.7 Å².